The molecule has 19 aromatic carbocycles. The molecule has 1 heteroatoms. The number of furan rings is 1. The maximum Gasteiger partial charge on any atom is 0.143 e. The third-order valence-corrected chi connectivity index (χ3v) is 20.0. The second kappa shape index (κ2) is 25.3. The van der Waals surface area contributed by atoms with E-state index >= 15 is 0 Å². The topological polar surface area (TPSA) is 13.1 Å². The summed E-state index contributed by atoms with van der Waals surface area (Å²) < 4.78 is 6.45. The van der Waals surface area contributed by atoms with Crippen molar-refractivity contribution in [3.8, 4) is 77.9 Å². The molecule has 0 N–H and O–H groups in total. The normalized spacial score (nSPS) is 11.4. The van der Waals surface area contributed by atoms with E-state index in [2.05, 4.69) is 376 Å². The Labute approximate surface area is 575 Å². The Morgan fingerprint density at radius 2 is 0.374 bits per heavy atom. The quantitative estimate of drug-likeness (QED) is 0.145. The number of para-hydroxylation sites is 2. The van der Waals surface area contributed by atoms with Gasteiger partial charge < -0.3 is 4.42 Å². The van der Waals surface area contributed by atoms with Gasteiger partial charge in [0.2, 0.25) is 0 Å². The standard InChI is InChI=1S/C36H24.C32H20O.C30H20/c1-2-12-27(13-3-1)35-31-16-6-8-18-33(31)36(34-19-9-7-17-32(34)35)28-23-21-26(22-24-28)30-20-10-14-25-11-4-5-15-29(25)30;1-2-11-21(12-3-1)30-23-14-4-6-16-25(23)31(26-17-7-5-15-24(26)30)28-19-10-18-27-22-13-8-9-20-29(22)33-32(27)28;1-2-12-22(13-3-1)29-25-16-6-8-18-27(25)30(28-19-9-7-17-26(28)29)24-20-10-14-21-11-4-5-15-23(21)24/h1-24H;1-20H;1-20H. The molecule has 0 radical (unpaired) electrons. The van der Waals surface area contributed by atoms with Crippen LogP contribution < -0.4 is 0 Å². The fourth-order valence-electron chi connectivity index (χ4n) is 15.7. The molecule has 462 valence electrons. The first-order chi connectivity index (χ1) is 49.2. The highest BCUT2D eigenvalue weighted by Gasteiger charge is 2.22. The largest absolute Gasteiger partial charge is 0.455 e. The highest BCUT2D eigenvalue weighted by molar-refractivity contribution is 6.26. The van der Waals surface area contributed by atoms with Crippen molar-refractivity contribution in [1.29, 1.82) is 0 Å². The van der Waals surface area contributed by atoms with Gasteiger partial charge >= 0.3 is 0 Å². The Kier molecular flexibility index (Phi) is 15.0. The van der Waals surface area contributed by atoms with Gasteiger partial charge in [-0.3, -0.25) is 0 Å². The molecule has 1 aromatic heterocycles. The van der Waals surface area contributed by atoms with E-state index in [0.29, 0.717) is 0 Å². The van der Waals surface area contributed by atoms with Gasteiger partial charge in [0.25, 0.3) is 0 Å². The van der Waals surface area contributed by atoms with Gasteiger partial charge in [-0.2, -0.15) is 0 Å². The Morgan fingerprint density at radius 1 is 0.131 bits per heavy atom. The molecular weight excluding hydrogens is 1190 g/mol. The number of fused-ring (bicyclic) bond motifs is 11. The fourth-order valence-corrected chi connectivity index (χ4v) is 15.7. The van der Waals surface area contributed by atoms with Crippen molar-refractivity contribution in [3.63, 3.8) is 0 Å². The minimum Gasteiger partial charge on any atom is -0.455 e. The van der Waals surface area contributed by atoms with E-state index in [4.69, 9.17) is 4.42 Å². The SMILES string of the molecule is c1ccc(-c2c3ccccc3c(-c3ccc(-c4cccc5ccccc45)cc3)c3ccccc23)cc1.c1ccc(-c2c3ccccc3c(-c3cccc4c3oc3ccccc34)c3ccccc23)cc1.c1ccc(-c2c3ccccc3c(-c3cccc4ccccc34)c3ccccc23)cc1. The van der Waals surface area contributed by atoms with Gasteiger partial charge in [0, 0.05) is 21.9 Å². The van der Waals surface area contributed by atoms with Crippen LogP contribution in [0.3, 0.4) is 0 Å². The molecule has 0 saturated heterocycles. The molecule has 99 heavy (non-hydrogen) atoms. The molecule has 0 aliphatic heterocycles. The highest BCUT2D eigenvalue weighted by atomic mass is 16.3. The Morgan fingerprint density at radius 3 is 0.768 bits per heavy atom. The summed E-state index contributed by atoms with van der Waals surface area (Å²) >= 11 is 0. The molecule has 0 amide bonds. The van der Waals surface area contributed by atoms with E-state index in [0.717, 1.165) is 27.5 Å². The minimum atomic E-state index is 0.925. The van der Waals surface area contributed by atoms with E-state index < -0.39 is 0 Å². The van der Waals surface area contributed by atoms with E-state index in [1.165, 1.54) is 159 Å². The number of benzene rings is 19. The number of hydrogen-bond donors (Lipinski definition) is 0. The molecule has 1 heterocycles. The molecule has 20 aromatic rings. The Balaban J connectivity index is 0.000000108. The summed E-state index contributed by atoms with van der Waals surface area (Å²) in [6, 6.07) is 139. The lowest BCUT2D eigenvalue weighted by Crippen LogP contribution is -1.91. The van der Waals surface area contributed by atoms with Crippen LogP contribution in [-0.2, 0) is 0 Å². The monoisotopic (exact) mass is 1260 g/mol. The van der Waals surface area contributed by atoms with Crippen molar-refractivity contribution in [3.05, 3.63) is 388 Å². The van der Waals surface area contributed by atoms with E-state index in [9.17, 15) is 0 Å². The summed E-state index contributed by atoms with van der Waals surface area (Å²) in [7, 11) is 0. The van der Waals surface area contributed by atoms with E-state index in [-0.39, 0.29) is 0 Å². The summed E-state index contributed by atoms with van der Waals surface area (Å²) in [5, 5.41) is 22.8. The van der Waals surface area contributed by atoms with Gasteiger partial charge in [-0.15, -0.1) is 0 Å². The first kappa shape index (κ1) is 58.6. The average molecular weight is 1260 g/mol. The summed E-state index contributed by atoms with van der Waals surface area (Å²) in [6.45, 7) is 0. The lowest BCUT2D eigenvalue weighted by Gasteiger charge is -2.18. The van der Waals surface area contributed by atoms with E-state index in [1.54, 1.807) is 0 Å². The molecule has 0 aliphatic rings. The van der Waals surface area contributed by atoms with Crippen LogP contribution in [0.1, 0.15) is 0 Å². The molecule has 1 nitrogen and oxygen atoms in total. The van der Waals surface area contributed by atoms with Gasteiger partial charge in [-0.1, -0.05) is 382 Å². The average Bonchev–Trinajstić information content (AvgIpc) is 1.23. The zero-order valence-corrected chi connectivity index (χ0v) is 54.4. The van der Waals surface area contributed by atoms with Crippen molar-refractivity contribution in [2.24, 2.45) is 0 Å². The third-order valence-electron chi connectivity index (χ3n) is 20.0. The second-order valence-electron chi connectivity index (χ2n) is 25.5. The third kappa shape index (κ3) is 10.4. The van der Waals surface area contributed by atoms with Gasteiger partial charge in [0.05, 0.1) is 0 Å². The van der Waals surface area contributed by atoms with Crippen LogP contribution in [-0.4, -0.2) is 0 Å². The van der Waals surface area contributed by atoms with E-state index in [1.807, 2.05) is 12.1 Å². The first-order valence-electron chi connectivity index (χ1n) is 34.1. The minimum absolute atomic E-state index is 0.925. The molecule has 0 atom stereocenters. The number of hydrogen-bond acceptors (Lipinski definition) is 1. The van der Waals surface area contributed by atoms with Crippen LogP contribution in [0.4, 0.5) is 0 Å². The predicted octanol–water partition coefficient (Wildman–Crippen LogP) is 27.9. The summed E-state index contributed by atoms with van der Waals surface area (Å²) in [5.41, 5.74) is 19.5. The van der Waals surface area contributed by atoms with Crippen LogP contribution in [0, 0.1) is 0 Å². The van der Waals surface area contributed by atoms with Crippen molar-refractivity contribution in [1.82, 2.24) is 0 Å². The van der Waals surface area contributed by atoms with Crippen LogP contribution >= 0.6 is 0 Å². The number of rotatable bonds is 7. The molecule has 0 aliphatic carbocycles. The zero-order valence-electron chi connectivity index (χ0n) is 54.4. The summed E-state index contributed by atoms with van der Waals surface area (Å²) in [4.78, 5) is 0. The van der Waals surface area contributed by atoms with Gasteiger partial charge in [0.1, 0.15) is 11.2 Å². The zero-order chi connectivity index (χ0) is 65.6. The molecule has 0 fully saturated rings. The molecule has 0 spiro atoms. The van der Waals surface area contributed by atoms with Crippen LogP contribution in [0.15, 0.2) is 393 Å². The van der Waals surface area contributed by atoms with Crippen molar-refractivity contribution < 1.29 is 4.42 Å². The molecule has 20 rings (SSSR count). The molecule has 0 saturated carbocycles. The Bertz CT molecular complexity index is 6260. The van der Waals surface area contributed by atoms with Gasteiger partial charge in [-0.05, 0) is 159 Å². The fraction of sp³-hybridized carbons (Fsp3) is 0. The van der Waals surface area contributed by atoms with Crippen molar-refractivity contribution in [2.45, 2.75) is 0 Å². The van der Waals surface area contributed by atoms with Gasteiger partial charge in [-0.25, -0.2) is 0 Å². The van der Waals surface area contributed by atoms with Gasteiger partial charge in [0.15, 0.2) is 0 Å². The first-order valence-corrected chi connectivity index (χ1v) is 34.1. The maximum atomic E-state index is 6.45. The maximum absolute atomic E-state index is 6.45. The molecule has 0 unspecified atom stereocenters. The van der Waals surface area contributed by atoms with Crippen LogP contribution in [0.5, 0.6) is 0 Å². The Hall–Kier alpha value is -12.9. The second-order valence-corrected chi connectivity index (χ2v) is 25.5. The van der Waals surface area contributed by atoms with Crippen molar-refractivity contribution in [2.75, 3.05) is 0 Å². The predicted molar refractivity (Wildman–Crippen MR) is 425 cm³/mol. The van der Waals surface area contributed by atoms with Crippen molar-refractivity contribution >= 4 is 108 Å². The lowest BCUT2D eigenvalue weighted by atomic mass is 9.85. The van der Waals surface area contributed by atoms with Crippen LogP contribution in [0.2, 0.25) is 0 Å². The molecular formula is C98H64O. The lowest BCUT2D eigenvalue weighted by molar-refractivity contribution is 0.670. The summed E-state index contributed by atoms with van der Waals surface area (Å²) in [6.07, 6.45) is 0. The van der Waals surface area contributed by atoms with Crippen LogP contribution in [0.25, 0.3) is 186 Å². The smallest absolute Gasteiger partial charge is 0.143 e. The highest BCUT2D eigenvalue weighted by Crippen LogP contribution is 2.49. The molecule has 0 bridgehead atoms. The summed E-state index contributed by atoms with van der Waals surface area (Å²) in [5.74, 6) is 0.